The molecule has 0 amide bonds. The second-order valence-electron chi connectivity index (χ2n) is 6.15. The fourth-order valence-corrected chi connectivity index (χ4v) is 3.23. The number of nitrogens with zero attached hydrogens (tertiary/aromatic N) is 3. The van der Waals surface area contributed by atoms with Gasteiger partial charge in [-0.15, -0.1) is 0 Å². The highest BCUT2D eigenvalue weighted by atomic mass is 35.5. The number of rotatable bonds is 6. The highest BCUT2D eigenvalue weighted by Crippen LogP contribution is 2.29. The third-order valence-electron chi connectivity index (χ3n) is 4.49. The lowest BCUT2D eigenvalue weighted by Gasteiger charge is -2.33. The van der Waals surface area contributed by atoms with Gasteiger partial charge in [-0.2, -0.15) is 5.10 Å². The number of benzene rings is 2. The summed E-state index contributed by atoms with van der Waals surface area (Å²) in [5, 5.41) is 7.53. The van der Waals surface area contributed by atoms with Crippen molar-refractivity contribution in [1.82, 2.24) is 9.91 Å². The summed E-state index contributed by atoms with van der Waals surface area (Å²) in [5.41, 5.74) is 2.08. The molecule has 138 valence electrons. The van der Waals surface area contributed by atoms with Crippen molar-refractivity contribution in [2.75, 3.05) is 40.4 Å². The largest absolute Gasteiger partial charge is 0.493 e. The average Bonchev–Trinajstić information content (AvgIpc) is 2.68. The highest BCUT2D eigenvalue weighted by Gasteiger charge is 2.16. The van der Waals surface area contributed by atoms with E-state index in [-0.39, 0.29) is 0 Å². The number of para-hydroxylation sites is 1. The predicted molar refractivity (Wildman–Crippen MR) is 105 cm³/mol. The van der Waals surface area contributed by atoms with Gasteiger partial charge in [-0.25, -0.2) is 0 Å². The topological polar surface area (TPSA) is 37.3 Å². The van der Waals surface area contributed by atoms with Gasteiger partial charge in [-0.3, -0.25) is 9.91 Å². The molecular formula is C20H24ClN3O2. The Balaban J connectivity index is 1.57. The molecule has 1 aliphatic heterocycles. The van der Waals surface area contributed by atoms with Crippen LogP contribution in [0.15, 0.2) is 47.6 Å². The molecular weight excluding hydrogens is 350 g/mol. The van der Waals surface area contributed by atoms with Gasteiger partial charge in [0.1, 0.15) is 0 Å². The molecule has 3 rings (SSSR count). The van der Waals surface area contributed by atoms with Gasteiger partial charge < -0.3 is 9.47 Å². The number of methoxy groups -OCH3 is 2. The quantitative estimate of drug-likeness (QED) is 0.726. The lowest BCUT2D eigenvalue weighted by molar-refractivity contribution is 0.131. The van der Waals surface area contributed by atoms with E-state index in [2.05, 4.69) is 21.1 Å². The maximum Gasteiger partial charge on any atom is 0.169 e. The Morgan fingerprint density at radius 1 is 1.00 bits per heavy atom. The van der Waals surface area contributed by atoms with E-state index in [9.17, 15) is 0 Å². The lowest BCUT2D eigenvalue weighted by Crippen LogP contribution is -2.43. The van der Waals surface area contributed by atoms with Crippen LogP contribution in [0.2, 0.25) is 5.02 Å². The minimum atomic E-state index is 0.705. The van der Waals surface area contributed by atoms with Crippen molar-refractivity contribution in [1.29, 1.82) is 0 Å². The Kier molecular flexibility index (Phi) is 6.36. The summed E-state index contributed by atoms with van der Waals surface area (Å²) < 4.78 is 10.8. The zero-order valence-electron chi connectivity index (χ0n) is 15.2. The summed E-state index contributed by atoms with van der Waals surface area (Å²) in [6, 6.07) is 13.8. The summed E-state index contributed by atoms with van der Waals surface area (Å²) >= 11 is 6.26. The SMILES string of the molecule is COc1cccc(/C=N\N2CCN(Cc3ccccc3Cl)CC2)c1OC. The van der Waals surface area contributed by atoms with E-state index in [0.717, 1.165) is 43.3 Å². The van der Waals surface area contributed by atoms with Crippen molar-refractivity contribution in [2.24, 2.45) is 5.10 Å². The number of ether oxygens (including phenoxy) is 2. The van der Waals surface area contributed by atoms with Crippen LogP contribution in [0.4, 0.5) is 0 Å². The van der Waals surface area contributed by atoms with Gasteiger partial charge in [-0.05, 0) is 23.8 Å². The maximum atomic E-state index is 6.26. The first kappa shape index (κ1) is 18.5. The van der Waals surface area contributed by atoms with Gasteiger partial charge in [0, 0.05) is 43.3 Å². The van der Waals surface area contributed by atoms with Crippen LogP contribution in [0.25, 0.3) is 0 Å². The maximum absolute atomic E-state index is 6.26. The fourth-order valence-electron chi connectivity index (χ4n) is 3.04. The van der Waals surface area contributed by atoms with Crippen LogP contribution in [-0.2, 0) is 6.54 Å². The van der Waals surface area contributed by atoms with Gasteiger partial charge in [0.25, 0.3) is 0 Å². The second-order valence-corrected chi connectivity index (χ2v) is 6.56. The van der Waals surface area contributed by atoms with Gasteiger partial charge in [0.2, 0.25) is 0 Å². The molecule has 6 heteroatoms. The predicted octanol–water partition coefficient (Wildman–Crippen LogP) is 3.51. The summed E-state index contributed by atoms with van der Waals surface area (Å²) in [6.45, 7) is 4.55. The Morgan fingerprint density at radius 2 is 1.77 bits per heavy atom. The van der Waals surface area contributed by atoms with Crippen LogP contribution in [0.3, 0.4) is 0 Å². The first-order chi connectivity index (χ1) is 12.7. The molecule has 0 N–H and O–H groups in total. The van der Waals surface area contributed by atoms with Crippen molar-refractivity contribution in [2.45, 2.75) is 6.54 Å². The minimum Gasteiger partial charge on any atom is -0.493 e. The molecule has 1 aliphatic rings. The smallest absolute Gasteiger partial charge is 0.169 e. The van der Waals surface area contributed by atoms with E-state index >= 15 is 0 Å². The number of hydrogen-bond acceptors (Lipinski definition) is 5. The molecule has 0 spiro atoms. The van der Waals surface area contributed by atoms with E-state index in [0.29, 0.717) is 11.5 Å². The van der Waals surface area contributed by atoms with Crippen LogP contribution in [0.5, 0.6) is 11.5 Å². The van der Waals surface area contributed by atoms with Crippen molar-refractivity contribution in [3.8, 4) is 11.5 Å². The lowest BCUT2D eigenvalue weighted by atomic mass is 10.2. The van der Waals surface area contributed by atoms with E-state index in [1.54, 1.807) is 14.2 Å². The first-order valence-corrected chi connectivity index (χ1v) is 9.04. The normalized spacial score (nSPS) is 15.4. The Labute approximate surface area is 159 Å². The van der Waals surface area contributed by atoms with E-state index in [1.807, 2.05) is 42.6 Å². The Morgan fingerprint density at radius 3 is 2.46 bits per heavy atom. The number of halogens is 1. The number of piperazine rings is 1. The first-order valence-electron chi connectivity index (χ1n) is 8.67. The van der Waals surface area contributed by atoms with E-state index in [4.69, 9.17) is 21.1 Å². The zero-order valence-corrected chi connectivity index (χ0v) is 15.9. The molecule has 0 aromatic heterocycles. The zero-order chi connectivity index (χ0) is 18.4. The molecule has 2 aromatic rings. The molecule has 0 aliphatic carbocycles. The third-order valence-corrected chi connectivity index (χ3v) is 4.86. The van der Waals surface area contributed by atoms with E-state index < -0.39 is 0 Å². The molecule has 5 nitrogen and oxygen atoms in total. The fraction of sp³-hybridized carbons (Fsp3) is 0.350. The van der Waals surface area contributed by atoms with Crippen LogP contribution in [-0.4, -0.2) is 56.5 Å². The monoisotopic (exact) mass is 373 g/mol. The summed E-state index contributed by atoms with van der Waals surface area (Å²) in [7, 11) is 3.28. The molecule has 2 aromatic carbocycles. The molecule has 1 saturated heterocycles. The van der Waals surface area contributed by atoms with Crippen molar-refractivity contribution in [3.63, 3.8) is 0 Å². The van der Waals surface area contributed by atoms with E-state index in [1.165, 1.54) is 5.56 Å². The molecule has 26 heavy (non-hydrogen) atoms. The second kappa shape index (κ2) is 8.92. The molecule has 0 bridgehead atoms. The summed E-state index contributed by atoms with van der Waals surface area (Å²) in [5.74, 6) is 1.41. The van der Waals surface area contributed by atoms with Crippen molar-refractivity contribution in [3.05, 3.63) is 58.6 Å². The Hall–Kier alpha value is -2.24. The summed E-state index contributed by atoms with van der Waals surface area (Å²) in [6.07, 6.45) is 1.84. The van der Waals surface area contributed by atoms with Gasteiger partial charge in [-0.1, -0.05) is 35.9 Å². The van der Waals surface area contributed by atoms with Gasteiger partial charge >= 0.3 is 0 Å². The molecule has 0 saturated carbocycles. The van der Waals surface area contributed by atoms with Crippen LogP contribution in [0.1, 0.15) is 11.1 Å². The van der Waals surface area contributed by atoms with Crippen LogP contribution in [0, 0.1) is 0 Å². The summed E-state index contributed by atoms with van der Waals surface area (Å²) in [4.78, 5) is 2.40. The van der Waals surface area contributed by atoms with Gasteiger partial charge in [0.15, 0.2) is 11.5 Å². The van der Waals surface area contributed by atoms with Crippen LogP contribution >= 0.6 is 11.6 Å². The number of hydrogen-bond donors (Lipinski definition) is 0. The molecule has 0 atom stereocenters. The Bertz CT molecular complexity index is 758. The van der Waals surface area contributed by atoms with Gasteiger partial charge in [0.05, 0.1) is 20.4 Å². The average molecular weight is 374 g/mol. The number of hydrazone groups is 1. The molecule has 0 unspecified atom stereocenters. The molecule has 1 heterocycles. The van der Waals surface area contributed by atoms with Crippen LogP contribution < -0.4 is 9.47 Å². The van der Waals surface area contributed by atoms with Crippen molar-refractivity contribution >= 4 is 17.8 Å². The third kappa shape index (κ3) is 4.48. The highest BCUT2D eigenvalue weighted by molar-refractivity contribution is 6.31. The minimum absolute atomic E-state index is 0.705. The molecule has 1 fully saturated rings. The molecule has 0 radical (unpaired) electrons. The standard InChI is InChI=1S/C20H24ClN3O2/c1-25-19-9-5-7-16(20(19)26-2)14-22-24-12-10-23(11-13-24)15-17-6-3-4-8-18(17)21/h3-9,14H,10-13,15H2,1-2H3/b22-14-. The van der Waals surface area contributed by atoms with Crippen molar-refractivity contribution < 1.29 is 9.47 Å².